The molecular formula is C17H17Cl2NO4. The molecule has 0 bridgehead atoms. The van der Waals surface area contributed by atoms with Crippen LogP contribution in [0.4, 0.5) is 0 Å². The average molecular weight is 370 g/mol. The summed E-state index contributed by atoms with van der Waals surface area (Å²) in [4.78, 5) is 24.3. The van der Waals surface area contributed by atoms with Crippen molar-refractivity contribution in [1.82, 2.24) is 5.32 Å². The van der Waals surface area contributed by atoms with E-state index in [0.717, 1.165) is 0 Å². The van der Waals surface area contributed by atoms with Gasteiger partial charge < -0.3 is 14.5 Å². The molecule has 2 aromatic rings. The Hall–Kier alpha value is -1.98. The summed E-state index contributed by atoms with van der Waals surface area (Å²) in [7, 11) is 0. The minimum Gasteiger partial charge on any atom is -0.459 e. The van der Waals surface area contributed by atoms with Crippen molar-refractivity contribution in [3.63, 3.8) is 0 Å². The van der Waals surface area contributed by atoms with Crippen LogP contribution in [0, 0.1) is 5.92 Å². The minimum absolute atomic E-state index is 0.0373. The van der Waals surface area contributed by atoms with Crippen LogP contribution >= 0.6 is 23.2 Å². The molecule has 0 fully saturated rings. The van der Waals surface area contributed by atoms with E-state index in [9.17, 15) is 9.59 Å². The van der Waals surface area contributed by atoms with Crippen LogP contribution in [-0.2, 0) is 16.1 Å². The van der Waals surface area contributed by atoms with Gasteiger partial charge in [0, 0.05) is 0 Å². The average Bonchev–Trinajstić information content (AvgIpc) is 3.07. The van der Waals surface area contributed by atoms with Gasteiger partial charge in [-0.05, 0) is 35.7 Å². The summed E-state index contributed by atoms with van der Waals surface area (Å²) >= 11 is 11.8. The Bertz CT molecular complexity index is 713. The number of halogens is 2. The Morgan fingerprint density at radius 3 is 2.54 bits per heavy atom. The molecule has 0 aliphatic carbocycles. The number of benzene rings is 1. The Kier molecular flexibility index (Phi) is 6.29. The molecule has 1 aromatic heterocycles. The SMILES string of the molecule is CC(C)[C@H](NC(=O)c1ccco1)C(=O)OCc1ccc(Cl)c(Cl)c1. The highest BCUT2D eigenvalue weighted by Crippen LogP contribution is 2.23. The summed E-state index contributed by atoms with van der Waals surface area (Å²) in [5.74, 6) is -1.01. The molecule has 1 N–H and O–H groups in total. The fourth-order valence-corrected chi connectivity index (χ4v) is 2.31. The van der Waals surface area contributed by atoms with E-state index in [4.69, 9.17) is 32.4 Å². The van der Waals surface area contributed by atoms with Crippen molar-refractivity contribution in [2.75, 3.05) is 0 Å². The van der Waals surface area contributed by atoms with Gasteiger partial charge in [-0.25, -0.2) is 4.79 Å². The monoisotopic (exact) mass is 369 g/mol. The lowest BCUT2D eigenvalue weighted by atomic mass is 10.0. The third-order valence-corrected chi connectivity index (χ3v) is 4.06. The normalized spacial score (nSPS) is 12.0. The second-order valence-corrected chi connectivity index (χ2v) is 6.34. The van der Waals surface area contributed by atoms with Crippen molar-refractivity contribution >= 4 is 35.1 Å². The number of carbonyl (C=O) groups is 2. The van der Waals surface area contributed by atoms with Crippen LogP contribution in [0.5, 0.6) is 0 Å². The molecule has 0 saturated carbocycles. The van der Waals surface area contributed by atoms with Crippen LogP contribution in [0.15, 0.2) is 41.0 Å². The summed E-state index contributed by atoms with van der Waals surface area (Å²) < 4.78 is 10.3. The minimum atomic E-state index is -0.787. The van der Waals surface area contributed by atoms with Crippen molar-refractivity contribution in [2.45, 2.75) is 26.5 Å². The van der Waals surface area contributed by atoms with Gasteiger partial charge >= 0.3 is 5.97 Å². The summed E-state index contributed by atoms with van der Waals surface area (Å²) in [6.07, 6.45) is 1.39. The molecule has 1 heterocycles. The quantitative estimate of drug-likeness (QED) is 0.778. The highest BCUT2D eigenvalue weighted by atomic mass is 35.5. The van der Waals surface area contributed by atoms with Crippen molar-refractivity contribution in [1.29, 1.82) is 0 Å². The van der Waals surface area contributed by atoms with Gasteiger partial charge in [-0.3, -0.25) is 4.79 Å². The lowest BCUT2D eigenvalue weighted by Crippen LogP contribution is -2.45. The molecule has 0 unspecified atom stereocenters. The maximum absolute atomic E-state index is 12.3. The Morgan fingerprint density at radius 1 is 1.21 bits per heavy atom. The first-order valence-electron chi connectivity index (χ1n) is 7.33. The Labute approximate surface area is 149 Å². The van der Waals surface area contributed by atoms with Gasteiger partial charge in [0.2, 0.25) is 0 Å². The number of ether oxygens (including phenoxy) is 1. The van der Waals surface area contributed by atoms with Gasteiger partial charge in [-0.15, -0.1) is 0 Å². The van der Waals surface area contributed by atoms with E-state index in [1.54, 1.807) is 24.3 Å². The summed E-state index contributed by atoms with van der Waals surface area (Å²) in [6.45, 7) is 3.66. The number of hydrogen-bond donors (Lipinski definition) is 1. The van der Waals surface area contributed by atoms with E-state index >= 15 is 0 Å². The second-order valence-electron chi connectivity index (χ2n) is 5.53. The van der Waals surface area contributed by atoms with Crippen molar-refractivity contribution in [2.24, 2.45) is 5.92 Å². The first kappa shape index (κ1) is 18.4. The molecule has 5 nitrogen and oxygen atoms in total. The number of carbonyl (C=O) groups excluding carboxylic acids is 2. The van der Waals surface area contributed by atoms with Crippen LogP contribution < -0.4 is 5.32 Å². The number of nitrogens with one attached hydrogen (secondary N) is 1. The predicted molar refractivity (Wildman–Crippen MR) is 91.1 cm³/mol. The van der Waals surface area contributed by atoms with E-state index < -0.39 is 17.9 Å². The van der Waals surface area contributed by atoms with Gasteiger partial charge in [0.1, 0.15) is 12.6 Å². The zero-order valence-corrected chi connectivity index (χ0v) is 14.7. The van der Waals surface area contributed by atoms with Gasteiger partial charge in [0.25, 0.3) is 5.91 Å². The van der Waals surface area contributed by atoms with E-state index in [1.807, 2.05) is 13.8 Å². The van der Waals surface area contributed by atoms with E-state index in [0.29, 0.717) is 15.6 Å². The fourth-order valence-electron chi connectivity index (χ4n) is 1.99. The van der Waals surface area contributed by atoms with Gasteiger partial charge in [-0.2, -0.15) is 0 Å². The molecule has 0 aliphatic heterocycles. The van der Waals surface area contributed by atoms with E-state index in [-0.39, 0.29) is 18.3 Å². The number of rotatable bonds is 6. The first-order chi connectivity index (χ1) is 11.4. The molecule has 0 spiro atoms. The topological polar surface area (TPSA) is 68.5 Å². The Balaban J connectivity index is 1.98. The summed E-state index contributed by atoms with van der Waals surface area (Å²) in [5, 5.41) is 3.44. The van der Waals surface area contributed by atoms with Gasteiger partial charge in [0.05, 0.1) is 16.3 Å². The lowest BCUT2D eigenvalue weighted by Gasteiger charge is -2.20. The third kappa shape index (κ3) is 4.76. The fraction of sp³-hybridized carbons (Fsp3) is 0.294. The smallest absolute Gasteiger partial charge is 0.329 e. The van der Waals surface area contributed by atoms with Crippen molar-refractivity contribution in [3.8, 4) is 0 Å². The second kappa shape index (κ2) is 8.22. The van der Waals surface area contributed by atoms with E-state index in [2.05, 4.69) is 5.32 Å². The molecule has 1 atom stereocenters. The molecule has 7 heteroatoms. The molecule has 0 saturated heterocycles. The highest BCUT2D eigenvalue weighted by molar-refractivity contribution is 6.42. The number of hydrogen-bond acceptors (Lipinski definition) is 4. The van der Waals surface area contributed by atoms with Crippen LogP contribution in [0.2, 0.25) is 10.0 Å². The molecule has 0 radical (unpaired) electrons. The maximum atomic E-state index is 12.3. The standard InChI is InChI=1S/C17H17Cl2NO4/c1-10(2)15(20-16(21)14-4-3-7-23-14)17(22)24-9-11-5-6-12(18)13(19)8-11/h3-8,10,15H,9H2,1-2H3,(H,20,21)/t15-/m0/s1. The lowest BCUT2D eigenvalue weighted by molar-refractivity contribution is -0.148. The zero-order chi connectivity index (χ0) is 17.7. The molecule has 24 heavy (non-hydrogen) atoms. The molecule has 0 aliphatic rings. The number of amides is 1. The van der Waals surface area contributed by atoms with Gasteiger partial charge in [-0.1, -0.05) is 43.1 Å². The first-order valence-corrected chi connectivity index (χ1v) is 8.09. The summed E-state index contributed by atoms with van der Waals surface area (Å²) in [5.41, 5.74) is 0.706. The number of furan rings is 1. The number of esters is 1. The van der Waals surface area contributed by atoms with Crippen LogP contribution in [0.3, 0.4) is 0 Å². The largest absolute Gasteiger partial charge is 0.459 e. The van der Waals surface area contributed by atoms with Crippen molar-refractivity contribution < 1.29 is 18.7 Å². The van der Waals surface area contributed by atoms with Gasteiger partial charge in [0.15, 0.2) is 5.76 Å². The maximum Gasteiger partial charge on any atom is 0.329 e. The molecular weight excluding hydrogens is 353 g/mol. The zero-order valence-electron chi connectivity index (χ0n) is 13.2. The molecule has 128 valence electrons. The predicted octanol–water partition coefficient (Wildman–Crippen LogP) is 4.08. The molecule has 1 aromatic carbocycles. The van der Waals surface area contributed by atoms with Crippen LogP contribution in [0.1, 0.15) is 30.0 Å². The van der Waals surface area contributed by atoms with Crippen LogP contribution in [0.25, 0.3) is 0 Å². The van der Waals surface area contributed by atoms with Crippen molar-refractivity contribution in [3.05, 3.63) is 58.0 Å². The molecule has 2 rings (SSSR count). The third-order valence-electron chi connectivity index (χ3n) is 3.32. The van der Waals surface area contributed by atoms with Crippen LogP contribution in [-0.4, -0.2) is 17.9 Å². The highest BCUT2D eigenvalue weighted by Gasteiger charge is 2.27. The Morgan fingerprint density at radius 2 is 1.96 bits per heavy atom. The summed E-state index contributed by atoms with van der Waals surface area (Å²) in [6, 6.07) is 7.31. The molecule has 1 amide bonds. The van der Waals surface area contributed by atoms with E-state index in [1.165, 1.54) is 12.3 Å².